The molecular formula is C17H17BrO3. The van der Waals surface area contributed by atoms with E-state index in [-0.39, 0.29) is 12.4 Å². The van der Waals surface area contributed by atoms with Crippen molar-refractivity contribution in [3.8, 4) is 11.5 Å². The first-order valence-electron chi connectivity index (χ1n) is 6.79. The minimum absolute atomic E-state index is 0.226. The Morgan fingerprint density at radius 2 is 1.95 bits per heavy atom. The molecule has 3 nitrogen and oxygen atoms in total. The summed E-state index contributed by atoms with van der Waals surface area (Å²) >= 11 is 3.44. The number of esters is 1. The van der Waals surface area contributed by atoms with Gasteiger partial charge in [0.2, 0.25) is 0 Å². The molecule has 0 spiro atoms. The maximum Gasteiger partial charge on any atom is 0.310 e. The monoisotopic (exact) mass is 348 g/mol. The summed E-state index contributed by atoms with van der Waals surface area (Å²) in [5, 5.41) is 0.728. The van der Waals surface area contributed by atoms with Crippen molar-refractivity contribution >= 4 is 21.9 Å². The zero-order valence-corrected chi connectivity index (χ0v) is 13.4. The van der Waals surface area contributed by atoms with Gasteiger partial charge < -0.3 is 9.47 Å². The molecule has 0 heterocycles. The van der Waals surface area contributed by atoms with Crippen molar-refractivity contribution in [3.63, 3.8) is 0 Å². The molecule has 0 unspecified atom stereocenters. The van der Waals surface area contributed by atoms with Crippen molar-refractivity contribution in [3.05, 3.63) is 59.7 Å². The zero-order valence-electron chi connectivity index (χ0n) is 11.8. The Kier molecular flexibility index (Phi) is 5.81. The molecule has 2 aromatic rings. The smallest absolute Gasteiger partial charge is 0.310 e. The average molecular weight is 349 g/mol. The number of hydrogen-bond acceptors (Lipinski definition) is 3. The van der Waals surface area contributed by atoms with Gasteiger partial charge in [-0.25, -0.2) is 0 Å². The number of ether oxygens (including phenoxy) is 2. The maximum absolute atomic E-state index is 11.5. The van der Waals surface area contributed by atoms with Crippen LogP contribution in [0.3, 0.4) is 0 Å². The minimum atomic E-state index is -0.226. The fraction of sp³-hybridized carbons (Fsp3) is 0.235. The third-order valence-electron chi connectivity index (χ3n) is 2.90. The van der Waals surface area contributed by atoms with Crippen LogP contribution in [0.15, 0.2) is 48.5 Å². The lowest BCUT2D eigenvalue weighted by Crippen LogP contribution is -2.07. The molecule has 0 bridgehead atoms. The Morgan fingerprint density at radius 3 is 2.71 bits per heavy atom. The Bertz CT molecular complexity index is 610. The van der Waals surface area contributed by atoms with E-state index >= 15 is 0 Å². The maximum atomic E-state index is 11.5. The summed E-state index contributed by atoms with van der Waals surface area (Å²) in [6.07, 6.45) is 0.255. The van der Waals surface area contributed by atoms with E-state index in [1.807, 2.05) is 48.5 Å². The second-order valence-corrected chi connectivity index (χ2v) is 5.03. The number of para-hydroxylation sites is 1. The summed E-state index contributed by atoms with van der Waals surface area (Å²) in [5.74, 6) is 1.29. The molecule has 0 radical (unpaired) electrons. The fourth-order valence-electron chi connectivity index (χ4n) is 1.94. The van der Waals surface area contributed by atoms with Crippen LogP contribution in [0.1, 0.15) is 18.1 Å². The van der Waals surface area contributed by atoms with E-state index in [1.54, 1.807) is 6.92 Å². The highest BCUT2D eigenvalue weighted by atomic mass is 79.9. The molecular weight excluding hydrogens is 332 g/mol. The van der Waals surface area contributed by atoms with Gasteiger partial charge in [0.15, 0.2) is 0 Å². The molecule has 0 aliphatic rings. The second-order valence-electron chi connectivity index (χ2n) is 4.47. The fourth-order valence-corrected chi connectivity index (χ4v) is 2.40. The van der Waals surface area contributed by atoms with Crippen LogP contribution in [0.4, 0.5) is 0 Å². The predicted octanol–water partition coefficient (Wildman–Crippen LogP) is 4.48. The van der Waals surface area contributed by atoms with Gasteiger partial charge in [0.05, 0.1) is 13.0 Å². The van der Waals surface area contributed by atoms with Crippen molar-refractivity contribution in [1.82, 2.24) is 0 Å². The third kappa shape index (κ3) is 4.60. The SMILES string of the molecule is CCOC(=O)Cc1cccc(Oc2ccccc2CBr)c1. The lowest BCUT2D eigenvalue weighted by atomic mass is 10.1. The van der Waals surface area contributed by atoms with Crippen LogP contribution in [0, 0.1) is 0 Å². The largest absolute Gasteiger partial charge is 0.466 e. The van der Waals surface area contributed by atoms with E-state index in [1.165, 1.54) is 0 Å². The lowest BCUT2D eigenvalue weighted by molar-refractivity contribution is -0.142. The van der Waals surface area contributed by atoms with Gasteiger partial charge in [0, 0.05) is 10.9 Å². The molecule has 110 valence electrons. The quantitative estimate of drug-likeness (QED) is 0.570. The zero-order chi connectivity index (χ0) is 15.1. The Labute approximate surface area is 133 Å². The average Bonchev–Trinajstić information content (AvgIpc) is 2.48. The van der Waals surface area contributed by atoms with Gasteiger partial charge >= 0.3 is 5.97 Å². The minimum Gasteiger partial charge on any atom is -0.466 e. The standard InChI is InChI=1S/C17H17BrO3/c1-2-20-17(19)11-13-6-5-8-15(10-13)21-16-9-4-3-7-14(16)12-18/h3-10H,2,11-12H2,1H3. The highest BCUT2D eigenvalue weighted by Gasteiger charge is 2.07. The second kappa shape index (κ2) is 7.84. The summed E-state index contributed by atoms with van der Waals surface area (Å²) in [7, 11) is 0. The molecule has 21 heavy (non-hydrogen) atoms. The van der Waals surface area contributed by atoms with Crippen molar-refractivity contribution in [1.29, 1.82) is 0 Å². The van der Waals surface area contributed by atoms with Crippen molar-refractivity contribution in [2.75, 3.05) is 6.61 Å². The molecule has 2 aromatic carbocycles. The van der Waals surface area contributed by atoms with Crippen LogP contribution in [-0.4, -0.2) is 12.6 Å². The number of benzene rings is 2. The molecule has 0 saturated heterocycles. The van der Waals surface area contributed by atoms with Gasteiger partial charge in [0.25, 0.3) is 0 Å². The van der Waals surface area contributed by atoms with Crippen molar-refractivity contribution in [2.24, 2.45) is 0 Å². The molecule has 4 heteroatoms. The first kappa shape index (κ1) is 15.6. The first-order valence-corrected chi connectivity index (χ1v) is 7.91. The molecule has 0 aromatic heterocycles. The van der Waals surface area contributed by atoms with Crippen LogP contribution in [0.25, 0.3) is 0 Å². The number of carbonyl (C=O) groups excluding carboxylic acids is 1. The van der Waals surface area contributed by atoms with Crippen LogP contribution in [-0.2, 0) is 21.3 Å². The molecule has 0 saturated carbocycles. The van der Waals surface area contributed by atoms with Crippen LogP contribution < -0.4 is 4.74 Å². The van der Waals surface area contributed by atoms with Gasteiger partial charge in [-0.2, -0.15) is 0 Å². The van der Waals surface area contributed by atoms with E-state index in [0.29, 0.717) is 12.4 Å². The number of alkyl halides is 1. The van der Waals surface area contributed by atoms with Crippen LogP contribution in [0.2, 0.25) is 0 Å². The normalized spacial score (nSPS) is 10.2. The number of rotatable bonds is 6. The Morgan fingerprint density at radius 1 is 1.14 bits per heavy atom. The molecule has 0 amide bonds. The van der Waals surface area contributed by atoms with E-state index < -0.39 is 0 Å². The van der Waals surface area contributed by atoms with Crippen LogP contribution >= 0.6 is 15.9 Å². The highest BCUT2D eigenvalue weighted by Crippen LogP contribution is 2.27. The number of halogens is 1. The molecule has 0 N–H and O–H groups in total. The molecule has 0 aliphatic heterocycles. The molecule has 0 aliphatic carbocycles. The van der Waals surface area contributed by atoms with Gasteiger partial charge in [-0.1, -0.05) is 46.3 Å². The molecule has 0 atom stereocenters. The molecule has 0 fully saturated rings. The Balaban J connectivity index is 2.12. The highest BCUT2D eigenvalue weighted by molar-refractivity contribution is 9.08. The van der Waals surface area contributed by atoms with Gasteiger partial charge in [-0.3, -0.25) is 4.79 Å². The van der Waals surface area contributed by atoms with Crippen molar-refractivity contribution < 1.29 is 14.3 Å². The van der Waals surface area contributed by atoms with E-state index in [0.717, 1.165) is 22.2 Å². The van der Waals surface area contributed by atoms with E-state index in [4.69, 9.17) is 9.47 Å². The topological polar surface area (TPSA) is 35.5 Å². The van der Waals surface area contributed by atoms with Gasteiger partial charge in [-0.15, -0.1) is 0 Å². The lowest BCUT2D eigenvalue weighted by Gasteiger charge is -2.10. The third-order valence-corrected chi connectivity index (χ3v) is 3.50. The summed E-state index contributed by atoms with van der Waals surface area (Å²) < 4.78 is 10.9. The summed E-state index contributed by atoms with van der Waals surface area (Å²) in [4.78, 5) is 11.5. The summed E-state index contributed by atoms with van der Waals surface area (Å²) in [6, 6.07) is 15.3. The number of carbonyl (C=O) groups is 1. The van der Waals surface area contributed by atoms with Gasteiger partial charge in [0.1, 0.15) is 11.5 Å². The van der Waals surface area contributed by atoms with E-state index in [2.05, 4.69) is 15.9 Å². The van der Waals surface area contributed by atoms with Gasteiger partial charge in [-0.05, 0) is 30.7 Å². The summed E-state index contributed by atoms with van der Waals surface area (Å²) in [6.45, 7) is 2.20. The molecule has 2 rings (SSSR count). The Hall–Kier alpha value is -1.81. The van der Waals surface area contributed by atoms with Crippen LogP contribution in [0.5, 0.6) is 11.5 Å². The first-order chi connectivity index (χ1) is 10.2. The van der Waals surface area contributed by atoms with Crippen molar-refractivity contribution in [2.45, 2.75) is 18.7 Å². The predicted molar refractivity (Wildman–Crippen MR) is 85.9 cm³/mol. The van der Waals surface area contributed by atoms with E-state index in [9.17, 15) is 4.79 Å². The number of hydrogen-bond donors (Lipinski definition) is 0. The summed E-state index contributed by atoms with van der Waals surface area (Å²) in [5.41, 5.74) is 1.95.